The fraction of sp³-hybridized carbons (Fsp3) is 0.294. The van der Waals surface area contributed by atoms with Crippen molar-refractivity contribution in [2.45, 2.75) is 23.4 Å². The van der Waals surface area contributed by atoms with Crippen LogP contribution in [-0.4, -0.2) is 33.3 Å². The van der Waals surface area contributed by atoms with Crippen LogP contribution >= 0.6 is 23.1 Å². The van der Waals surface area contributed by atoms with Crippen molar-refractivity contribution in [1.29, 1.82) is 0 Å². The Balaban J connectivity index is 1.43. The van der Waals surface area contributed by atoms with E-state index in [-0.39, 0.29) is 24.2 Å². The lowest BCUT2D eigenvalue weighted by atomic mass is 10.1. The van der Waals surface area contributed by atoms with Crippen LogP contribution in [0.25, 0.3) is 10.2 Å². The number of benzene rings is 1. The first kappa shape index (κ1) is 17.0. The predicted molar refractivity (Wildman–Crippen MR) is 102 cm³/mol. The summed E-state index contributed by atoms with van der Waals surface area (Å²) in [5, 5.41) is 5.57. The molecule has 1 aromatic carbocycles. The number of hydrogen-bond donors (Lipinski definition) is 3. The molecule has 9 heteroatoms. The Morgan fingerprint density at radius 3 is 3.08 bits per heavy atom. The minimum Gasteiger partial charge on any atom is -0.355 e. The molecule has 26 heavy (non-hydrogen) atoms. The largest absolute Gasteiger partial charge is 0.355 e. The Hall–Kier alpha value is -2.39. The maximum atomic E-state index is 12.2. The number of carbonyl (C=O) groups excluding carboxylic acids is 2. The average Bonchev–Trinajstić information content (AvgIpc) is 3.32. The number of nitrogens with one attached hydrogen (secondary N) is 3. The molecule has 2 amide bonds. The van der Waals surface area contributed by atoms with Gasteiger partial charge in [0.15, 0.2) is 4.34 Å². The number of thioether (sulfide) groups is 1. The maximum Gasteiger partial charge on any atom is 0.229 e. The van der Waals surface area contributed by atoms with Crippen molar-refractivity contribution in [3.63, 3.8) is 0 Å². The van der Waals surface area contributed by atoms with Crippen molar-refractivity contribution >= 4 is 50.8 Å². The van der Waals surface area contributed by atoms with Crippen molar-refractivity contribution in [3.8, 4) is 0 Å². The van der Waals surface area contributed by atoms with Gasteiger partial charge in [0, 0.05) is 30.5 Å². The highest BCUT2D eigenvalue weighted by molar-refractivity contribution is 8.00. The molecular weight excluding hydrogens is 370 g/mol. The van der Waals surface area contributed by atoms with E-state index < -0.39 is 0 Å². The van der Waals surface area contributed by atoms with Crippen LogP contribution < -0.4 is 10.6 Å². The Labute approximate surface area is 158 Å². The molecule has 134 valence electrons. The SMILES string of the molecule is Cc1cnc(CSc2nc3ccc(NC(=O)C4CNC(=O)C4)cc3s2)[nH]1. The van der Waals surface area contributed by atoms with E-state index in [0.717, 1.165) is 37.5 Å². The Kier molecular flexibility index (Phi) is 4.64. The summed E-state index contributed by atoms with van der Waals surface area (Å²) in [6.45, 7) is 2.38. The number of imidazole rings is 1. The lowest BCUT2D eigenvalue weighted by Gasteiger charge is -2.08. The van der Waals surface area contributed by atoms with E-state index in [1.54, 1.807) is 23.1 Å². The number of aryl methyl sites for hydroxylation is 1. The maximum absolute atomic E-state index is 12.2. The van der Waals surface area contributed by atoms with Crippen LogP contribution in [0.15, 0.2) is 28.7 Å². The topological polar surface area (TPSA) is 99.8 Å². The van der Waals surface area contributed by atoms with Gasteiger partial charge in [-0.15, -0.1) is 11.3 Å². The van der Waals surface area contributed by atoms with Gasteiger partial charge in [-0.3, -0.25) is 9.59 Å². The normalized spacial score (nSPS) is 16.8. The second-order valence-corrected chi connectivity index (χ2v) is 8.41. The summed E-state index contributed by atoms with van der Waals surface area (Å²) in [7, 11) is 0. The molecule has 0 aliphatic carbocycles. The number of H-pyrrole nitrogens is 1. The molecule has 7 nitrogen and oxygen atoms in total. The highest BCUT2D eigenvalue weighted by Crippen LogP contribution is 2.32. The number of rotatable bonds is 5. The number of aromatic amines is 1. The van der Waals surface area contributed by atoms with E-state index in [1.807, 2.05) is 31.3 Å². The van der Waals surface area contributed by atoms with Crippen molar-refractivity contribution in [2.75, 3.05) is 11.9 Å². The number of fused-ring (bicyclic) bond motifs is 1. The van der Waals surface area contributed by atoms with Crippen molar-refractivity contribution < 1.29 is 9.59 Å². The van der Waals surface area contributed by atoms with Gasteiger partial charge in [0.1, 0.15) is 5.82 Å². The third kappa shape index (κ3) is 3.73. The lowest BCUT2D eigenvalue weighted by molar-refractivity contribution is -0.123. The first-order valence-electron chi connectivity index (χ1n) is 8.18. The second-order valence-electron chi connectivity index (χ2n) is 6.16. The molecule has 3 aromatic rings. The van der Waals surface area contributed by atoms with Gasteiger partial charge >= 0.3 is 0 Å². The van der Waals surface area contributed by atoms with Gasteiger partial charge in [-0.1, -0.05) is 11.8 Å². The third-order valence-corrected chi connectivity index (χ3v) is 6.24. The van der Waals surface area contributed by atoms with Gasteiger partial charge in [0.25, 0.3) is 0 Å². The standard InChI is InChI=1S/C17H17N5O2S2/c1-9-6-18-14(20-9)8-25-17-22-12-3-2-11(5-13(12)26-17)21-16(24)10-4-15(23)19-7-10/h2-3,5-6,10H,4,7-8H2,1H3,(H,18,20)(H,19,23)(H,21,24). The predicted octanol–water partition coefficient (Wildman–Crippen LogP) is 2.69. The number of aromatic nitrogens is 3. The van der Waals surface area contributed by atoms with Crippen LogP contribution in [0.3, 0.4) is 0 Å². The summed E-state index contributed by atoms with van der Waals surface area (Å²) < 4.78 is 1.98. The zero-order valence-corrected chi connectivity index (χ0v) is 15.7. The Morgan fingerprint density at radius 2 is 2.35 bits per heavy atom. The summed E-state index contributed by atoms with van der Waals surface area (Å²) in [5.41, 5.74) is 2.68. The molecule has 1 fully saturated rings. The van der Waals surface area contributed by atoms with Gasteiger partial charge in [0.2, 0.25) is 11.8 Å². The van der Waals surface area contributed by atoms with Crippen molar-refractivity contribution in [3.05, 3.63) is 35.9 Å². The van der Waals surface area contributed by atoms with Crippen LogP contribution in [0.5, 0.6) is 0 Å². The van der Waals surface area contributed by atoms with Crippen LogP contribution in [0.1, 0.15) is 17.9 Å². The van der Waals surface area contributed by atoms with Gasteiger partial charge in [-0.05, 0) is 25.1 Å². The van der Waals surface area contributed by atoms with Crippen molar-refractivity contribution in [1.82, 2.24) is 20.3 Å². The second kappa shape index (κ2) is 7.08. The molecule has 0 bridgehead atoms. The van der Waals surface area contributed by atoms with Crippen LogP contribution in [-0.2, 0) is 15.3 Å². The summed E-state index contributed by atoms with van der Waals surface area (Å²) in [6.07, 6.45) is 2.07. The Bertz CT molecular complexity index is 981. The average molecular weight is 387 g/mol. The molecule has 0 radical (unpaired) electrons. The molecule has 1 saturated heterocycles. The highest BCUT2D eigenvalue weighted by atomic mass is 32.2. The monoisotopic (exact) mass is 387 g/mol. The van der Waals surface area contributed by atoms with Crippen LogP contribution in [0.2, 0.25) is 0 Å². The highest BCUT2D eigenvalue weighted by Gasteiger charge is 2.27. The quantitative estimate of drug-likeness (QED) is 0.585. The molecule has 3 heterocycles. The van der Waals surface area contributed by atoms with Crippen LogP contribution in [0, 0.1) is 12.8 Å². The number of amides is 2. The molecule has 1 unspecified atom stereocenters. The zero-order chi connectivity index (χ0) is 18.1. The molecular formula is C17H17N5O2S2. The number of anilines is 1. The van der Waals surface area contributed by atoms with Gasteiger partial charge in [0.05, 0.1) is 21.9 Å². The van der Waals surface area contributed by atoms with Crippen LogP contribution in [0.4, 0.5) is 5.69 Å². The summed E-state index contributed by atoms with van der Waals surface area (Å²) in [6, 6.07) is 5.67. The third-order valence-electron chi connectivity index (χ3n) is 4.07. The first-order valence-corrected chi connectivity index (χ1v) is 9.98. The summed E-state index contributed by atoms with van der Waals surface area (Å²) in [5.74, 6) is 1.16. The fourth-order valence-corrected chi connectivity index (χ4v) is 4.74. The molecule has 1 atom stereocenters. The molecule has 1 aliphatic heterocycles. The van der Waals surface area contributed by atoms with E-state index in [9.17, 15) is 9.59 Å². The molecule has 3 N–H and O–H groups in total. The van der Waals surface area contributed by atoms with E-state index in [2.05, 4.69) is 25.6 Å². The molecule has 2 aromatic heterocycles. The number of hydrogen-bond acceptors (Lipinski definition) is 6. The Morgan fingerprint density at radius 1 is 1.46 bits per heavy atom. The van der Waals surface area contributed by atoms with Gasteiger partial charge < -0.3 is 15.6 Å². The number of thiazole rings is 1. The smallest absolute Gasteiger partial charge is 0.229 e. The molecule has 4 rings (SSSR count). The van der Waals surface area contributed by atoms with E-state index in [4.69, 9.17) is 0 Å². The number of carbonyl (C=O) groups is 2. The van der Waals surface area contributed by atoms with E-state index >= 15 is 0 Å². The molecule has 1 aliphatic rings. The van der Waals surface area contributed by atoms with E-state index in [1.165, 1.54) is 0 Å². The molecule has 0 saturated carbocycles. The molecule has 0 spiro atoms. The zero-order valence-electron chi connectivity index (χ0n) is 14.0. The summed E-state index contributed by atoms with van der Waals surface area (Å²) in [4.78, 5) is 35.6. The van der Waals surface area contributed by atoms with Crippen molar-refractivity contribution in [2.24, 2.45) is 5.92 Å². The first-order chi connectivity index (χ1) is 12.6. The van der Waals surface area contributed by atoms with Gasteiger partial charge in [-0.25, -0.2) is 9.97 Å². The van der Waals surface area contributed by atoms with E-state index in [0.29, 0.717) is 6.54 Å². The fourth-order valence-electron chi connectivity index (χ4n) is 2.75. The number of nitrogens with zero attached hydrogens (tertiary/aromatic N) is 2. The van der Waals surface area contributed by atoms with Gasteiger partial charge in [-0.2, -0.15) is 0 Å². The summed E-state index contributed by atoms with van der Waals surface area (Å²) >= 11 is 3.22. The minimum absolute atomic E-state index is 0.0727. The lowest BCUT2D eigenvalue weighted by Crippen LogP contribution is -2.24. The minimum atomic E-state index is -0.303.